The summed E-state index contributed by atoms with van der Waals surface area (Å²) >= 11 is 0. The number of nitrogens with one attached hydrogen (secondary N) is 2. The Balaban J connectivity index is 1.46. The van der Waals surface area contributed by atoms with E-state index in [0.717, 1.165) is 27.2 Å². The minimum absolute atomic E-state index is 0.161. The second-order valence-electron chi connectivity index (χ2n) is 8.34. The zero-order valence-electron chi connectivity index (χ0n) is 18.0. The number of benzene rings is 2. The highest BCUT2D eigenvalue weighted by atomic mass is 16.7. The van der Waals surface area contributed by atoms with E-state index in [4.69, 9.17) is 9.47 Å². The van der Waals surface area contributed by atoms with Crippen LogP contribution in [-0.2, 0) is 16.0 Å². The van der Waals surface area contributed by atoms with Crippen molar-refractivity contribution in [2.75, 3.05) is 18.7 Å². The molecule has 2 N–H and O–H groups in total. The van der Waals surface area contributed by atoms with Gasteiger partial charge in [-0.05, 0) is 56.5 Å². The molecule has 1 atom stereocenters. The van der Waals surface area contributed by atoms with Crippen LogP contribution < -0.4 is 20.1 Å². The molecule has 2 aliphatic rings. The molecule has 2 aromatic carbocycles. The van der Waals surface area contributed by atoms with Crippen molar-refractivity contribution in [2.24, 2.45) is 0 Å². The number of anilines is 1. The van der Waals surface area contributed by atoms with Crippen LogP contribution in [0.2, 0.25) is 0 Å². The monoisotopic (exact) mass is 423 g/mol. The summed E-state index contributed by atoms with van der Waals surface area (Å²) in [5, 5.41) is 5.57. The smallest absolute Gasteiger partial charge is 0.325 e. The lowest BCUT2D eigenvalue weighted by Gasteiger charge is -2.22. The first-order valence-corrected chi connectivity index (χ1v) is 10.1. The maximum atomic E-state index is 13.0. The molecule has 162 valence electrons. The van der Waals surface area contributed by atoms with Gasteiger partial charge in [0.2, 0.25) is 12.7 Å². The molecular weight excluding hydrogens is 398 g/mol. The molecule has 0 bridgehead atoms. The van der Waals surface area contributed by atoms with Gasteiger partial charge in [0.05, 0.1) is 0 Å². The second kappa shape index (κ2) is 7.61. The molecule has 0 aliphatic carbocycles. The molecule has 2 aromatic rings. The van der Waals surface area contributed by atoms with E-state index in [-0.39, 0.29) is 19.8 Å². The van der Waals surface area contributed by atoms with Crippen LogP contribution in [0.5, 0.6) is 11.5 Å². The highest BCUT2D eigenvalue weighted by Crippen LogP contribution is 2.34. The lowest BCUT2D eigenvalue weighted by Crippen LogP contribution is -2.46. The molecule has 0 aromatic heterocycles. The number of fused-ring (bicyclic) bond motifs is 1. The summed E-state index contributed by atoms with van der Waals surface area (Å²) in [5.74, 6) is 0.391. The van der Waals surface area contributed by atoms with E-state index in [0.29, 0.717) is 17.2 Å². The fourth-order valence-electron chi connectivity index (χ4n) is 4.17. The molecule has 2 heterocycles. The van der Waals surface area contributed by atoms with Gasteiger partial charge in [-0.1, -0.05) is 23.8 Å². The highest BCUT2D eigenvalue weighted by molar-refractivity contribution is 6.10. The number of rotatable bonds is 5. The molecule has 1 saturated heterocycles. The van der Waals surface area contributed by atoms with Crippen LogP contribution in [0.3, 0.4) is 0 Å². The largest absolute Gasteiger partial charge is 0.454 e. The number of nitrogens with zero attached hydrogens (tertiary/aromatic N) is 1. The van der Waals surface area contributed by atoms with Gasteiger partial charge in [0.25, 0.3) is 5.91 Å². The van der Waals surface area contributed by atoms with Gasteiger partial charge < -0.3 is 20.1 Å². The molecule has 4 amide bonds. The Morgan fingerprint density at radius 3 is 2.48 bits per heavy atom. The van der Waals surface area contributed by atoms with Gasteiger partial charge in [0, 0.05) is 12.1 Å². The summed E-state index contributed by atoms with van der Waals surface area (Å²) in [4.78, 5) is 39.2. The third-order valence-corrected chi connectivity index (χ3v) is 5.58. The molecule has 2 aliphatic heterocycles. The van der Waals surface area contributed by atoms with Crippen LogP contribution in [0.4, 0.5) is 10.5 Å². The number of aryl methyl sites for hydroxylation is 3. The molecule has 1 unspecified atom stereocenters. The van der Waals surface area contributed by atoms with Crippen LogP contribution in [0, 0.1) is 20.8 Å². The normalized spacial score (nSPS) is 19.5. The summed E-state index contributed by atoms with van der Waals surface area (Å²) in [7, 11) is 0. The third-order valence-electron chi connectivity index (χ3n) is 5.58. The number of hydrogen-bond donors (Lipinski definition) is 2. The van der Waals surface area contributed by atoms with E-state index in [2.05, 4.69) is 10.6 Å². The molecule has 0 radical (unpaired) electrons. The Morgan fingerprint density at radius 2 is 1.77 bits per heavy atom. The van der Waals surface area contributed by atoms with E-state index >= 15 is 0 Å². The predicted molar refractivity (Wildman–Crippen MR) is 114 cm³/mol. The lowest BCUT2D eigenvalue weighted by molar-refractivity contribution is -0.133. The average molecular weight is 423 g/mol. The van der Waals surface area contributed by atoms with E-state index in [1.807, 2.05) is 39.0 Å². The minimum atomic E-state index is -1.15. The molecule has 0 saturated carbocycles. The van der Waals surface area contributed by atoms with Gasteiger partial charge in [-0.2, -0.15) is 0 Å². The zero-order valence-corrected chi connectivity index (χ0v) is 18.0. The first-order chi connectivity index (χ1) is 14.7. The zero-order chi connectivity index (χ0) is 22.3. The molecule has 8 heteroatoms. The van der Waals surface area contributed by atoms with Crippen LogP contribution in [-0.4, -0.2) is 41.6 Å². The fourth-order valence-corrected chi connectivity index (χ4v) is 4.17. The van der Waals surface area contributed by atoms with Gasteiger partial charge in [-0.3, -0.25) is 14.5 Å². The summed E-state index contributed by atoms with van der Waals surface area (Å²) in [5.41, 5.74) is 3.32. The van der Waals surface area contributed by atoms with E-state index in [1.54, 1.807) is 19.1 Å². The maximum Gasteiger partial charge on any atom is 0.325 e. The Kier molecular flexibility index (Phi) is 5.08. The molecule has 4 rings (SSSR count). The Morgan fingerprint density at radius 1 is 1.10 bits per heavy atom. The van der Waals surface area contributed by atoms with Gasteiger partial charge in [0.15, 0.2) is 11.5 Å². The summed E-state index contributed by atoms with van der Waals surface area (Å²) < 4.78 is 10.7. The number of urea groups is 1. The SMILES string of the molecule is Cc1cc(C)c(NC(=O)CN2C(=O)NC(C)(Cc3ccc4c(c3)OCO4)C2=O)c(C)c1. The molecule has 1 fully saturated rings. The highest BCUT2D eigenvalue weighted by Gasteiger charge is 2.48. The quantitative estimate of drug-likeness (QED) is 0.721. The minimum Gasteiger partial charge on any atom is -0.454 e. The van der Waals surface area contributed by atoms with Crippen LogP contribution in [0.25, 0.3) is 0 Å². The van der Waals surface area contributed by atoms with E-state index in [9.17, 15) is 14.4 Å². The van der Waals surface area contributed by atoms with Crippen molar-refractivity contribution in [3.8, 4) is 11.5 Å². The Bertz CT molecular complexity index is 1070. The van der Waals surface area contributed by atoms with E-state index < -0.39 is 23.4 Å². The van der Waals surface area contributed by atoms with Gasteiger partial charge in [-0.15, -0.1) is 0 Å². The van der Waals surface area contributed by atoms with Crippen molar-refractivity contribution in [1.29, 1.82) is 0 Å². The van der Waals surface area contributed by atoms with Gasteiger partial charge >= 0.3 is 6.03 Å². The topological polar surface area (TPSA) is 97.0 Å². The van der Waals surface area contributed by atoms with E-state index in [1.165, 1.54) is 0 Å². The number of carbonyl (C=O) groups excluding carboxylic acids is 3. The molecular formula is C23H25N3O5. The first-order valence-electron chi connectivity index (χ1n) is 10.1. The fraction of sp³-hybridized carbons (Fsp3) is 0.348. The second-order valence-corrected chi connectivity index (χ2v) is 8.34. The molecule has 31 heavy (non-hydrogen) atoms. The van der Waals surface area contributed by atoms with Crippen LogP contribution >= 0.6 is 0 Å². The van der Waals surface area contributed by atoms with Crippen molar-refractivity contribution >= 4 is 23.5 Å². The van der Waals surface area contributed by atoms with Crippen molar-refractivity contribution in [3.63, 3.8) is 0 Å². The number of ether oxygens (including phenoxy) is 2. The molecule has 0 spiro atoms. The number of carbonyl (C=O) groups is 3. The number of amides is 4. The summed E-state index contributed by atoms with van der Waals surface area (Å²) in [6.45, 7) is 7.27. The van der Waals surface area contributed by atoms with Gasteiger partial charge in [0.1, 0.15) is 12.1 Å². The van der Waals surface area contributed by atoms with Crippen molar-refractivity contribution in [3.05, 3.63) is 52.6 Å². The Labute approximate surface area is 180 Å². The molecule has 8 nitrogen and oxygen atoms in total. The number of hydrogen-bond acceptors (Lipinski definition) is 5. The predicted octanol–water partition coefficient (Wildman–Crippen LogP) is 2.83. The first kappa shape index (κ1) is 20.7. The van der Waals surface area contributed by atoms with Crippen molar-refractivity contribution in [1.82, 2.24) is 10.2 Å². The standard InChI is InChI=1S/C23H25N3O5/c1-13-7-14(2)20(15(3)8-13)24-19(27)11-26-21(28)23(4,25-22(26)29)10-16-5-6-17-18(9-16)31-12-30-17/h5-9H,10-12H2,1-4H3,(H,24,27)(H,25,29). The maximum absolute atomic E-state index is 13.0. The number of imide groups is 1. The summed E-state index contributed by atoms with van der Waals surface area (Å²) in [6, 6.07) is 8.76. The van der Waals surface area contributed by atoms with Crippen molar-refractivity contribution < 1.29 is 23.9 Å². The average Bonchev–Trinajstić information content (AvgIpc) is 3.23. The van der Waals surface area contributed by atoms with Crippen LogP contribution in [0.1, 0.15) is 29.2 Å². The van der Waals surface area contributed by atoms with Crippen molar-refractivity contribution in [2.45, 2.75) is 39.7 Å². The Hall–Kier alpha value is -3.55. The summed E-state index contributed by atoms with van der Waals surface area (Å²) in [6.07, 6.45) is 0.266. The van der Waals surface area contributed by atoms with Gasteiger partial charge in [-0.25, -0.2) is 4.79 Å². The lowest BCUT2D eigenvalue weighted by atomic mass is 9.92. The third kappa shape index (κ3) is 3.93. The van der Waals surface area contributed by atoms with Crippen LogP contribution in [0.15, 0.2) is 30.3 Å².